The predicted molar refractivity (Wildman–Crippen MR) is 121 cm³/mol. The van der Waals surface area contributed by atoms with E-state index in [1.54, 1.807) is 44.4 Å². The van der Waals surface area contributed by atoms with Crippen molar-refractivity contribution >= 4 is 40.4 Å². The van der Waals surface area contributed by atoms with Crippen LogP contribution >= 0.6 is 0 Å². The zero-order valence-electron chi connectivity index (χ0n) is 18.3. The number of aromatic nitrogens is 1. The first kappa shape index (κ1) is 21.2. The second kappa shape index (κ2) is 8.62. The van der Waals surface area contributed by atoms with Gasteiger partial charge in [-0.2, -0.15) is 0 Å². The summed E-state index contributed by atoms with van der Waals surface area (Å²) in [4.78, 5) is 32.7. The van der Waals surface area contributed by atoms with E-state index >= 15 is 0 Å². The van der Waals surface area contributed by atoms with Crippen molar-refractivity contribution in [3.05, 3.63) is 54.1 Å². The monoisotopic (exact) mass is 436 g/mol. The van der Waals surface area contributed by atoms with Crippen molar-refractivity contribution in [1.29, 1.82) is 0 Å². The van der Waals surface area contributed by atoms with E-state index in [2.05, 4.69) is 10.3 Å². The number of carbonyl (C=O) groups excluding carboxylic acids is 2. The second-order valence-corrected chi connectivity index (χ2v) is 7.11. The number of fused-ring (bicyclic) bond motifs is 2. The molecule has 0 radical (unpaired) electrons. The second-order valence-electron chi connectivity index (χ2n) is 7.11. The third-order valence-corrected chi connectivity index (χ3v) is 5.14. The van der Waals surface area contributed by atoms with Crippen molar-refractivity contribution in [1.82, 2.24) is 4.98 Å². The summed E-state index contributed by atoms with van der Waals surface area (Å²) in [7, 11) is 3.55. The van der Waals surface area contributed by atoms with Crippen LogP contribution in [0.4, 0.5) is 28.6 Å². The number of pyridine rings is 1. The van der Waals surface area contributed by atoms with Gasteiger partial charge in [-0.15, -0.1) is 0 Å². The van der Waals surface area contributed by atoms with Gasteiger partial charge >= 0.3 is 5.97 Å². The Balaban J connectivity index is 1.69. The molecule has 0 saturated heterocycles. The fourth-order valence-corrected chi connectivity index (χ4v) is 3.53. The Morgan fingerprint density at radius 1 is 1.06 bits per heavy atom. The molecule has 0 bridgehead atoms. The van der Waals surface area contributed by atoms with Crippen molar-refractivity contribution in [3.63, 3.8) is 0 Å². The summed E-state index contributed by atoms with van der Waals surface area (Å²) in [6.07, 6.45) is 3.13. The molecule has 0 fully saturated rings. The Hall–Kier alpha value is -4.01. The van der Waals surface area contributed by atoms with Crippen LogP contribution in [0.15, 0.2) is 47.2 Å². The highest BCUT2D eigenvalue weighted by atomic mass is 16.5. The molecular weight excluding hydrogens is 412 g/mol. The molecule has 0 spiro atoms. The number of anilines is 5. The van der Waals surface area contributed by atoms with Gasteiger partial charge in [-0.05, 0) is 32.0 Å². The maximum atomic E-state index is 12.7. The fourth-order valence-electron chi connectivity index (χ4n) is 3.53. The van der Waals surface area contributed by atoms with E-state index in [-0.39, 0.29) is 11.7 Å². The number of esters is 1. The van der Waals surface area contributed by atoms with E-state index in [1.165, 1.54) is 11.2 Å². The number of hydrogen-bond acceptors (Lipinski definition) is 8. The van der Waals surface area contributed by atoms with E-state index in [0.29, 0.717) is 47.4 Å². The molecule has 1 aromatic carbocycles. The Kier molecular flexibility index (Phi) is 5.72. The number of furan rings is 1. The van der Waals surface area contributed by atoms with Gasteiger partial charge < -0.3 is 29.0 Å². The molecule has 2 aromatic heterocycles. The van der Waals surface area contributed by atoms with Crippen molar-refractivity contribution in [2.75, 3.05) is 42.4 Å². The molecule has 3 aromatic rings. The number of rotatable bonds is 6. The molecule has 32 heavy (non-hydrogen) atoms. The molecule has 0 atom stereocenters. The molecule has 0 unspecified atom stereocenters. The summed E-state index contributed by atoms with van der Waals surface area (Å²) in [5.41, 5.74) is 3.16. The van der Waals surface area contributed by atoms with Gasteiger partial charge in [0.15, 0.2) is 0 Å². The Morgan fingerprint density at radius 3 is 2.62 bits per heavy atom. The average Bonchev–Trinajstić information content (AvgIpc) is 3.26. The minimum absolute atomic E-state index is 0.244. The SMILES string of the molecule is CCOC(=O)c1ccc(Nc2cc3c(cn2)N(C)C(=O)c2occc2N3C)c(OCC)c1. The maximum absolute atomic E-state index is 12.7. The van der Waals surface area contributed by atoms with Crippen molar-refractivity contribution in [3.8, 4) is 5.75 Å². The van der Waals surface area contributed by atoms with Crippen LogP contribution in [-0.2, 0) is 4.74 Å². The van der Waals surface area contributed by atoms with Crippen LogP contribution < -0.4 is 19.9 Å². The number of carbonyl (C=O) groups is 2. The number of nitrogens with zero attached hydrogens (tertiary/aromatic N) is 3. The smallest absolute Gasteiger partial charge is 0.338 e. The van der Waals surface area contributed by atoms with Crippen LogP contribution in [-0.4, -0.2) is 44.2 Å². The lowest BCUT2D eigenvalue weighted by Crippen LogP contribution is -2.25. The number of amides is 1. The maximum Gasteiger partial charge on any atom is 0.338 e. The Labute approximate surface area is 185 Å². The first-order chi connectivity index (χ1) is 15.4. The summed E-state index contributed by atoms with van der Waals surface area (Å²) in [6, 6.07) is 8.66. The Morgan fingerprint density at radius 2 is 1.88 bits per heavy atom. The molecule has 3 heterocycles. The van der Waals surface area contributed by atoms with Gasteiger partial charge in [0.2, 0.25) is 5.76 Å². The summed E-state index contributed by atoms with van der Waals surface area (Å²) >= 11 is 0. The minimum Gasteiger partial charge on any atom is -0.492 e. The number of benzene rings is 1. The Bertz CT molecular complexity index is 1170. The van der Waals surface area contributed by atoms with Gasteiger partial charge in [-0.3, -0.25) is 4.79 Å². The minimum atomic E-state index is -0.409. The normalized spacial score (nSPS) is 12.7. The van der Waals surface area contributed by atoms with E-state index < -0.39 is 5.97 Å². The van der Waals surface area contributed by atoms with Gasteiger partial charge in [-0.25, -0.2) is 9.78 Å². The molecule has 9 heteroatoms. The fraction of sp³-hybridized carbons (Fsp3) is 0.261. The molecule has 1 aliphatic rings. The quantitative estimate of drug-likeness (QED) is 0.570. The lowest BCUT2D eigenvalue weighted by Gasteiger charge is -2.22. The van der Waals surface area contributed by atoms with Crippen LogP contribution in [0.2, 0.25) is 0 Å². The first-order valence-electron chi connectivity index (χ1n) is 10.2. The molecule has 166 valence electrons. The third-order valence-electron chi connectivity index (χ3n) is 5.14. The molecule has 0 saturated carbocycles. The van der Waals surface area contributed by atoms with Crippen molar-refractivity contribution < 1.29 is 23.5 Å². The van der Waals surface area contributed by atoms with Crippen molar-refractivity contribution in [2.45, 2.75) is 13.8 Å². The van der Waals surface area contributed by atoms with E-state index in [0.717, 1.165) is 5.69 Å². The average molecular weight is 436 g/mol. The van der Waals surface area contributed by atoms with E-state index in [9.17, 15) is 9.59 Å². The molecule has 1 aliphatic heterocycles. The highest BCUT2D eigenvalue weighted by Gasteiger charge is 2.30. The molecule has 1 N–H and O–H groups in total. The summed E-state index contributed by atoms with van der Waals surface area (Å²) in [5.74, 6) is 0.675. The van der Waals surface area contributed by atoms with Crippen LogP contribution in [0.1, 0.15) is 34.8 Å². The van der Waals surface area contributed by atoms with E-state index in [1.807, 2.05) is 24.9 Å². The zero-order chi connectivity index (χ0) is 22.8. The topological polar surface area (TPSA) is 97.1 Å². The van der Waals surface area contributed by atoms with Gasteiger partial charge in [0.05, 0.1) is 54.0 Å². The number of nitrogens with one attached hydrogen (secondary N) is 1. The van der Waals surface area contributed by atoms with Gasteiger partial charge in [0.1, 0.15) is 11.6 Å². The molecule has 4 rings (SSSR count). The highest BCUT2D eigenvalue weighted by Crippen LogP contribution is 2.41. The number of ether oxygens (including phenoxy) is 2. The van der Waals surface area contributed by atoms with Crippen LogP contribution in [0, 0.1) is 0 Å². The largest absolute Gasteiger partial charge is 0.492 e. The molecule has 9 nitrogen and oxygen atoms in total. The van der Waals surface area contributed by atoms with Crippen LogP contribution in [0.5, 0.6) is 5.75 Å². The first-order valence-corrected chi connectivity index (χ1v) is 10.2. The lowest BCUT2D eigenvalue weighted by atomic mass is 10.2. The highest BCUT2D eigenvalue weighted by molar-refractivity contribution is 6.11. The van der Waals surface area contributed by atoms with Gasteiger partial charge in [0, 0.05) is 26.2 Å². The van der Waals surface area contributed by atoms with Crippen molar-refractivity contribution in [2.24, 2.45) is 0 Å². The van der Waals surface area contributed by atoms with Gasteiger partial charge in [0.25, 0.3) is 5.91 Å². The summed E-state index contributed by atoms with van der Waals surface area (Å²) < 4.78 is 16.2. The van der Waals surface area contributed by atoms with Crippen LogP contribution in [0.25, 0.3) is 0 Å². The number of hydrogen-bond donors (Lipinski definition) is 1. The summed E-state index contributed by atoms with van der Waals surface area (Å²) in [5, 5.41) is 3.25. The van der Waals surface area contributed by atoms with Gasteiger partial charge in [-0.1, -0.05) is 0 Å². The third kappa shape index (κ3) is 3.73. The van der Waals surface area contributed by atoms with Crippen LogP contribution in [0.3, 0.4) is 0 Å². The standard InChI is InChI=1S/C23H24N4O5/c1-5-30-19-11-14(23(29)31-6-2)7-8-15(19)25-20-12-17-18(13-24-20)27(4)22(28)21-16(26(17)3)9-10-32-21/h7-13H,5-6H2,1-4H3,(H,24,25). The predicted octanol–water partition coefficient (Wildman–Crippen LogP) is 4.35. The lowest BCUT2D eigenvalue weighted by molar-refractivity contribution is 0.0525. The van der Waals surface area contributed by atoms with E-state index in [4.69, 9.17) is 13.9 Å². The molecule has 1 amide bonds. The zero-order valence-corrected chi connectivity index (χ0v) is 18.3. The molecule has 0 aliphatic carbocycles. The summed E-state index contributed by atoms with van der Waals surface area (Å²) in [6.45, 7) is 4.35. The molecular formula is C23H24N4O5.